The molecule has 1 aromatic heterocycles. The number of nitrogens with zero attached hydrogens (tertiary/aromatic N) is 5. The first kappa shape index (κ1) is 24.5. The zero-order chi connectivity index (χ0) is 26.2. The van der Waals surface area contributed by atoms with Crippen molar-refractivity contribution in [2.24, 2.45) is 11.8 Å². The molecular weight excluding hydrogens is 474 g/mol. The minimum absolute atomic E-state index is 0.00805. The van der Waals surface area contributed by atoms with Crippen molar-refractivity contribution in [1.29, 1.82) is 0 Å². The number of carbonyl (C=O) groups is 2. The summed E-state index contributed by atoms with van der Waals surface area (Å²) in [5.74, 6) is 0.871. The molecule has 2 heterocycles. The lowest BCUT2D eigenvalue weighted by atomic mass is 9.72. The molecule has 11 nitrogen and oxygen atoms in total. The van der Waals surface area contributed by atoms with Crippen molar-refractivity contribution in [2.45, 2.75) is 51.6 Å². The van der Waals surface area contributed by atoms with E-state index in [2.05, 4.69) is 39.8 Å². The van der Waals surface area contributed by atoms with Crippen LogP contribution >= 0.6 is 0 Å². The van der Waals surface area contributed by atoms with E-state index >= 15 is 0 Å². The molecule has 3 amide bonds. The second kappa shape index (κ2) is 9.72. The van der Waals surface area contributed by atoms with Crippen LogP contribution in [0, 0.1) is 11.8 Å². The molecule has 1 saturated heterocycles. The Morgan fingerprint density at radius 1 is 1.16 bits per heavy atom. The lowest BCUT2D eigenvalue weighted by Gasteiger charge is -2.43. The van der Waals surface area contributed by atoms with E-state index in [0.29, 0.717) is 36.2 Å². The van der Waals surface area contributed by atoms with E-state index in [-0.39, 0.29) is 34.9 Å². The number of phenolic OH excluding ortho intramolecular Hbond substituents is 2. The van der Waals surface area contributed by atoms with Gasteiger partial charge in [-0.05, 0) is 72.6 Å². The Balaban J connectivity index is 1.39. The predicted octanol–water partition coefficient (Wildman–Crippen LogP) is 3.89. The molecule has 0 radical (unpaired) electrons. The van der Waals surface area contributed by atoms with Crippen molar-refractivity contribution >= 4 is 23.6 Å². The zero-order valence-electron chi connectivity index (χ0n) is 20.9. The normalized spacial score (nSPS) is 21.7. The van der Waals surface area contributed by atoms with E-state index in [0.717, 1.165) is 31.2 Å². The lowest BCUT2D eigenvalue weighted by molar-refractivity contribution is 0.0843. The number of hydrogen-bond donors (Lipinski definition) is 4. The molecule has 1 saturated carbocycles. The van der Waals surface area contributed by atoms with Crippen LogP contribution < -0.4 is 10.2 Å². The number of hydrogen-bond acceptors (Lipinski definition) is 7. The summed E-state index contributed by atoms with van der Waals surface area (Å²) >= 11 is 0. The summed E-state index contributed by atoms with van der Waals surface area (Å²) in [6.45, 7) is 5.30. The fourth-order valence-electron chi connectivity index (χ4n) is 5.55. The number of aromatic nitrogens is 4. The molecule has 2 fully saturated rings. The van der Waals surface area contributed by atoms with Crippen LogP contribution in [0.1, 0.15) is 55.5 Å². The van der Waals surface area contributed by atoms with Gasteiger partial charge in [-0.15, -0.1) is 5.10 Å². The Morgan fingerprint density at radius 2 is 1.89 bits per heavy atom. The molecule has 4 N–H and O–H groups in total. The van der Waals surface area contributed by atoms with Crippen molar-refractivity contribution < 1.29 is 19.8 Å². The van der Waals surface area contributed by atoms with E-state index in [1.807, 2.05) is 17.0 Å². The molecule has 194 valence electrons. The van der Waals surface area contributed by atoms with Crippen molar-refractivity contribution in [2.75, 3.05) is 16.8 Å². The molecule has 0 unspecified atom stereocenters. The Morgan fingerprint density at radius 3 is 2.54 bits per heavy atom. The first-order valence-electron chi connectivity index (χ1n) is 12.5. The summed E-state index contributed by atoms with van der Waals surface area (Å²) in [4.78, 5) is 29.7. The first-order valence-corrected chi connectivity index (χ1v) is 12.5. The lowest BCUT2D eigenvalue weighted by Crippen LogP contribution is -2.49. The van der Waals surface area contributed by atoms with Crippen LogP contribution in [0.15, 0.2) is 42.5 Å². The van der Waals surface area contributed by atoms with Crippen LogP contribution in [0.25, 0.3) is 0 Å². The van der Waals surface area contributed by atoms with E-state index in [4.69, 9.17) is 0 Å². The van der Waals surface area contributed by atoms with Gasteiger partial charge in [-0.25, -0.2) is 4.79 Å². The number of aromatic amines is 1. The SMILES string of the molecule is CC(C)C1CCC2(CC1)CN(c1cc(O)ccc1O)C(=O)N2Cc1ccc(C(=O)Nc2nn[nH]n2)cc1. The third kappa shape index (κ3) is 4.81. The number of carbonyl (C=O) groups excluding carboxylic acids is 2. The van der Waals surface area contributed by atoms with Crippen molar-refractivity contribution in [1.82, 2.24) is 25.5 Å². The predicted molar refractivity (Wildman–Crippen MR) is 136 cm³/mol. The highest BCUT2D eigenvalue weighted by atomic mass is 16.3. The van der Waals surface area contributed by atoms with Gasteiger partial charge in [0.1, 0.15) is 11.5 Å². The van der Waals surface area contributed by atoms with Gasteiger partial charge in [0.25, 0.3) is 11.9 Å². The van der Waals surface area contributed by atoms with Crippen LogP contribution in [0.2, 0.25) is 0 Å². The number of phenols is 2. The van der Waals surface area contributed by atoms with Gasteiger partial charge in [0.05, 0.1) is 17.8 Å². The topological polar surface area (TPSA) is 148 Å². The summed E-state index contributed by atoms with van der Waals surface area (Å²) < 4.78 is 0. The summed E-state index contributed by atoms with van der Waals surface area (Å²) in [6, 6.07) is 11.1. The smallest absolute Gasteiger partial charge is 0.325 e. The maximum absolute atomic E-state index is 13.8. The standard InChI is InChI=1S/C26H31N7O4/c1-16(2)18-9-11-26(12-10-18)15-32(21-13-20(34)7-8-22(21)35)25(37)33(26)14-17-3-5-19(6-4-17)23(36)27-24-28-30-31-29-24/h3-8,13,16,18,34-35H,9-12,14-15H2,1-2H3,(H2,27,28,29,30,31,36). The molecule has 0 atom stereocenters. The summed E-state index contributed by atoms with van der Waals surface area (Å²) in [5, 5.41) is 36.2. The van der Waals surface area contributed by atoms with Crippen molar-refractivity contribution in [3.63, 3.8) is 0 Å². The fraction of sp³-hybridized carbons (Fsp3) is 0.423. The number of tetrazole rings is 1. The van der Waals surface area contributed by atoms with Crippen LogP contribution in [-0.2, 0) is 6.54 Å². The third-order valence-corrected chi connectivity index (χ3v) is 7.77. The number of amides is 3. The quantitative estimate of drug-likeness (QED) is 0.372. The second-order valence-corrected chi connectivity index (χ2v) is 10.3. The van der Waals surface area contributed by atoms with Crippen LogP contribution in [-0.4, -0.2) is 59.8 Å². The average Bonchev–Trinajstić information content (AvgIpc) is 3.49. The van der Waals surface area contributed by atoms with E-state index in [1.165, 1.54) is 18.2 Å². The molecule has 2 aliphatic rings. The number of aromatic hydroxyl groups is 2. The number of benzene rings is 2. The highest BCUT2D eigenvalue weighted by Gasteiger charge is 2.51. The molecule has 3 aromatic rings. The second-order valence-electron chi connectivity index (χ2n) is 10.3. The highest BCUT2D eigenvalue weighted by molar-refractivity contribution is 6.03. The van der Waals surface area contributed by atoms with E-state index in [1.54, 1.807) is 17.0 Å². The van der Waals surface area contributed by atoms with Crippen LogP contribution in [0.4, 0.5) is 16.4 Å². The highest BCUT2D eigenvalue weighted by Crippen LogP contribution is 2.46. The molecular formula is C26H31N7O4. The van der Waals surface area contributed by atoms with E-state index < -0.39 is 0 Å². The number of anilines is 2. The number of rotatable bonds is 6. The van der Waals surface area contributed by atoms with Gasteiger partial charge in [-0.3, -0.25) is 15.0 Å². The largest absolute Gasteiger partial charge is 0.508 e. The van der Waals surface area contributed by atoms with Gasteiger partial charge in [0.15, 0.2) is 0 Å². The molecule has 5 rings (SSSR count). The van der Waals surface area contributed by atoms with Crippen LogP contribution in [0.3, 0.4) is 0 Å². The Kier molecular flexibility index (Phi) is 6.45. The fourth-order valence-corrected chi connectivity index (χ4v) is 5.55. The van der Waals surface area contributed by atoms with E-state index in [9.17, 15) is 19.8 Å². The summed E-state index contributed by atoms with van der Waals surface area (Å²) in [7, 11) is 0. The average molecular weight is 506 g/mol. The summed E-state index contributed by atoms with van der Waals surface area (Å²) in [6.07, 6.45) is 3.78. The molecule has 37 heavy (non-hydrogen) atoms. The third-order valence-electron chi connectivity index (χ3n) is 7.77. The molecule has 1 aliphatic carbocycles. The molecule has 0 bridgehead atoms. The number of urea groups is 1. The monoisotopic (exact) mass is 505 g/mol. The van der Waals surface area contributed by atoms with Gasteiger partial charge in [-0.2, -0.15) is 5.21 Å². The Labute approximate surface area is 214 Å². The molecule has 1 aliphatic heterocycles. The maximum Gasteiger partial charge on any atom is 0.325 e. The molecule has 11 heteroatoms. The summed E-state index contributed by atoms with van der Waals surface area (Å²) in [5.41, 5.74) is 1.25. The number of H-pyrrole nitrogens is 1. The van der Waals surface area contributed by atoms with Crippen LogP contribution in [0.5, 0.6) is 11.5 Å². The maximum atomic E-state index is 13.8. The Hall–Kier alpha value is -4.15. The van der Waals surface area contributed by atoms with Gasteiger partial charge < -0.3 is 15.1 Å². The first-order chi connectivity index (χ1) is 17.8. The van der Waals surface area contributed by atoms with Gasteiger partial charge >= 0.3 is 6.03 Å². The number of nitrogens with one attached hydrogen (secondary N) is 2. The molecule has 1 spiro atoms. The molecule has 2 aromatic carbocycles. The Bertz CT molecular complexity index is 1270. The van der Waals surface area contributed by atoms with Crippen molar-refractivity contribution in [3.05, 3.63) is 53.6 Å². The minimum Gasteiger partial charge on any atom is -0.508 e. The zero-order valence-corrected chi connectivity index (χ0v) is 20.9. The minimum atomic E-state index is -0.380. The van der Waals surface area contributed by atoms with Gasteiger partial charge in [0.2, 0.25) is 0 Å². The van der Waals surface area contributed by atoms with Crippen molar-refractivity contribution in [3.8, 4) is 11.5 Å². The van der Waals surface area contributed by atoms with Gasteiger partial charge in [0, 0.05) is 18.2 Å². The van der Waals surface area contributed by atoms with Gasteiger partial charge in [-0.1, -0.05) is 31.1 Å².